The molecule has 4 heterocycles. The van der Waals surface area contributed by atoms with Crippen molar-refractivity contribution in [3.63, 3.8) is 0 Å². The Bertz CT molecular complexity index is 1780. The third-order valence-corrected chi connectivity index (χ3v) is 10.2. The van der Waals surface area contributed by atoms with Gasteiger partial charge in [-0.3, -0.25) is 24.3 Å². The molecule has 0 spiro atoms. The zero-order chi connectivity index (χ0) is 35.4. The molecule has 3 aromatic rings. The Labute approximate surface area is 285 Å². The molecule has 2 bridgehead atoms. The molecular weight excluding hydrogens is 632 g/mol. The Hall–Kier alpha value is -4.35. The van der Waals surface area contributed by atoms with E-state index in [-0.39, 0.29) is 41.7 Å². The average molecular weight is 678 g/mol. The fourth-order valence-electron chi connectivity index (χ4n) is 7.89. The number of fused-ring (bicyclic) bond motifs is 3. The van der Waals surface area contributed by atoms with Gasteiger partial charge in [-0.2, -0.15) is 0 Å². The highest BCUT2D eigenvalue weighted by atomic mass is 19.1. The maximum atomic E-state index is 14.9. The van der Waals surface area contributed by atoms with Crippen LogP contribution in [0.25, 0.3) is 16.6 Å². The van der Waals surface area contributed by atoms with Crippen LogP contribution < -0.4 is 0 Å². The Morgan fingerprint density at radius 1 is 1.06 bits per heavy atom. The second-order valence-corrected chi connectivity index (χ2v) is 14.8. The van der Waals surface area contributed by atoms with Gasteiger partial charge >= 0.3 is 6.09 Å². The topological polar surface area (TPSA) is 105 Å². The van der Waals surface area contributed by atoms with Crippen molar-refractivity contribution in [2.24, 2.45) is 11.8 Å². The van der Waals surface area contributed by atoms with E-state index in [1.807, 2.05) is 20.8 Å². The number of ether oxygens (including phenoxy) is 1. The average Bonchev–Trinajstić information content (AvgIpc) is 3.74. The van der Waals surface area contributed by atoms with E-state index < -0.39 is 41.6 Å². The van der Waals surface area contributed by atoms with E-state index >= 15 is 0 Å². The highest BCUT2D eigenvalue weighted by molar-refractivity contribution is 6.10. The summed E-state index contributed by atoms with van der Waals surface area (Å²) in [5.74, 6) is -2.22. The minimum absolute atomic E-state index is 0.103. The zero-order valence-corrected chi connectivity index (χ0v) is 29.0. The van der Waals surface area contributed by atoms with Gasteiger partial charge < -0.3 is 19.1 Å². The molecule has 3 aliphatic rings. The summed E-state index contributed by atoms with van der Waals surface area (Å²) in [5.41, 5.74) is 0.918. The summed E-state index contributed by atoms with van der Waals surface area (Å²) in [6.45, 7) is 12.0. The number of aromatic nitrogens is 2. The van der Waals surface area contributed by atoms with Crippen molar-refractivity contribution >= 4 is 34.6 Å². The number of nitrogens with zero attached hydrogens (tertiary/aromatic N) is 5. The maximum absolute atomic E-state index is 14.9. The lowest BCUT2D eigenvalue weighted by Crippen LogP contribution is -2.57. The molecular formula is C37H45F2N5O5. The minimum Gasteiger partial charge on any atom is -0.444 e. The number of Topliss-reactive ketones (excluding diaryl/α,β-unsaturated/α-hetero) is 1. The van der Waals surface area contributed by atoms with Crippen LogP contribution in [0, 0.1) is 17.7 Å². The van der Waals surface area contributed by atoms with Crippen LogP contribution in [0.3, 0.4) is 0 Å². The van der Waals surface area contributed by atoms with Gasteiger partial charge in [-0.25, -0.2) is 13.6 Å². The number of carbonyl (C=O) groups is 4. The number of pyridine rings is 1. The Morgan fingerprint density at radius 3 is 2.43 bits per heavy atom. The van der Waals surface area contributed by atoms with Gasteiger partial charge in [0.05, 0.1) is 23.0 Å². The number of amides is 3. The highest BCUT2D eigenvalue weighted by Gasteiger charge is 2.58. The van der Waals surface area contributed by atoms with E-state index in [1.165, 1.54) is 17.0 Å². The quantitative estimate of drug-likeness (QED) is 0.276. The molecule has 3 fully saturated rings. The smallest absolute Gasteiger partial charge is 0.411 e. The first-order valence-corrected chi connectivity index (χ1v) is 17.2. The number of ketones is 1. The fourth-order valence-corrected chi connectivity index (χ4v) is 7.89. The molecule has 2 saturated heterocycles. The van der Waals surface area contributed by atoms with Crippen LogP contribution >= 0.6 is 0 Å². The summed E-state index contributed by atoms with van der Waals surface area (Å²) in [6.07, 6.45) is 4.59. The van der Waals surface area contributed by atoms with Crippen molar-refractivity contribution < 1.29 is 32.7 Å². The molecule has 1 aromatic carbocycles. The monoisotopic (exact) mass is 677 g/mol. The van der Waals surface area contributed by atoms with Gasteiger partial charge in [-0.05, 0) is 91.5 Å². The van der Waals surface area contributed by atoms with Crippen LogP contribution in [0.5, 0.6) is 0 Å². The first kappa shape index (κ1) is 34.5. The van der Waals surface area contributed by atoms with Gasteiger partial charge in [-0.15, -0.1) is 0 Å². The van der Waals surface area contributed by atoms with Gasteiger partial charge in [0, 0.05) is 66.9 Å². The molecule has 3 amide bonds. The second-order valence-electron chi connectivity index (χ2n) is 14.8. The molecule has 1 saturated carbocycles. The molecule has 1 aliphatic carbocycles. The summed E-state index contributed by atoms with van der Waals surface area (Å²) in [7, 11) is 0. The fraction of sp³-hybridized carbons (Fsp3) is 0.541. The van der Waals surface area contributed by atoms with E-state index in [1.54, 1.807) is 65.9 Å². The van der Waals surface area contributed by atoms with Crippen molar-refractivity contribution in [2.75, 3.05) is 19.6 Å². The zero-order valence-electron chi connectivity index (χ0n) is 29.0. The molecule has 2 aromatic heterocycles. The van der Waals surface area contributed by atoms with Crippen molar-refractivity contribution in [1.29, 1.82) is 0 Å². The van der Waals surface area contributed by atoms with Crippen LogP contribution in [0.1, 0.15) is 87.9 Å². The predicted octanol–water partition coefficient (Wildman–Crippen LogP) is 6.19. The lowest BCUT2D eigenvalue weighted by Gasteiger charge is -2.40. The van der Waals surface area contributed by atoms with Gasteiger partial charge in [0.15, 0.2) is 5.78 Å². The van der Waals surface area contributed by atoms with E-state index in [9.17, 15) is 28.0 Å². The number of hydrogen-bond acceptors (Lipinski definition) is 6. The molecule has 49 heavy (non-hydrogen) atoms. The van der Waals surface area contributed by atoms with Gasteiger partial charge in [0.25, 0.3) is 5.91 Å². The largest absolute Gasteiger partial charge is 0.444 e. The van der Waals surface area contributed by atoms with Crippen LogP contribution in [0.4, 0.5) is 13.6 Å². The lowest BCUT2D eigenvalue weighted by atomic mass is 9.88. The van der Waals surface area contributed by atoms with Crippen LogP contribution in [0.15, 0.2) is 42.9 Å². The molecule has 262 valence electrons. The van der Waals surface area contributed by atoms with Crippen molar-refractivity contribution in [2.45, 2.75) is 97.1 Å². The first-order chi connectivity index (χ1) is 23.2. The van der Waals surface area contributed by atoms with E-state index in [2.05, 4.69) is 4.98 Å². The highest BCUT2D eigenvalue weighted by Crippen LogP contribution is 2.46. The summed E-state index contributed by atoms with van der Waals surface area (Å²) in [5, 5.41) is 0.654. The summed E-state index contributed by atoms with van der Waals surface area (Å²) in [4.78, 5) is 63.8. The first-order valence-electron chi connectivity index (χ1n) is 17.2. The number of halogens is 2. The van der Waals surface area contributed by atoms with E-state index in [4.69, 9.17) is 4.74 Å². The standard InChI is InChI=1S/C37H45F2N5O5/c1-7-42(21(2)3)34(46)27-16-23(38)8-9-30(27)43-20-28(25-10-13-40-19-31(25)43)33(45)22-11-14-41(15-12-22)35(47)32-26-17-24(18-29(26)39)44(32)36(48)49-37(4,5)6/h8-10,13,16,19-22,24,26,29,32H,7,11-12,14-15,17-18H2,1-6H3/t24-,26+,29-,32-/m0/s1. The molecule has 2 aliphatic heterocycles. The Morgan fingerprint density at radius 2 is 1.78 bits per heavy atom. The molecule has 6 rings (SSSR count). The van der Waals surface area contributed by atoms with Crippen LogP contribution in [-0.2, 0) is 9.53 Å². The Balaban J connectivity index is 1.23. The summed E-state index contributed by atoms with van der Waals surface area (Å²) >= 11 is 0. The Kier molecular flexibility index (Phi) is 9.27. The van der Waals surface area contributed by atoms with E-state index in [0.717, 1.165) is 0 Å². The molecule has 0 radical (unpaired) electrons. The summed E-state index contributed by atoms with van der Waals surface area (Å²) in [6, 6.07) is 4.41. The molecule has 4 atom stereocenters. The summed E-state index contributed by atoms with van der Waals surface area (Å²) < 4.78 is 36.8. The van der Waals surface area contributed by atoms with Crippen LogP contribution in [-0.4, -0.2) is 97.5 Å². The number of benzene rings is 1. The number of hydrogen-bond donors (Lipinski definition) is 0. The normalized spacial score (nSPS) is 22.6. The van der Waals surface area contributed by atoms with Gasteiger partial charge in [0.2, 0.25) is 5.91 Å². The third kappa shape index (κ3) is 6.41. The number of likely N-dealkylation sites (tertiary alicyclic amines) is 2. The molecule has 12 heteroatoms. The molecule has 10 nitrogen and oxygen atoms in total. The van der Waals surface area contributed by atoms with Gasteiger partial charge in [-0.1, -0.05) is 0 Å². The second kappa shape index (κ2) is 13.2. The minimum atomic E-state index is -1.16. The maximum Gasteiger partial charge on any atom is 0.411 e. The van der Waals surface area contributed by atoms with Crippen LogP contribution in [0.2, 0.25) is 0 Å². The van der Waals surface area contributed by atoms with E-state index in [0.29, 0.717) is 61.1 Å². The third-order valence-electron chi connectivity index (χ3n) is 10.2. The van der Waals surface area contributed by atoms with Gasteiger partial charge in [0.1, 0.15) is 23.6 Å². The molecule has 0 N–H and O–H groups in total. The number of rotatable bonds is 7. The number of alkyl halides is 1. The van der Waals surface area contributed by atoms with Crippen molar-refractivity contribution in [1.82, 2.24) is 24.3 Å². The SMILES string of the molecule is CCN(C(=O)c1cc(F)ccc1-n1cc(C(=O)C2CCN(C(=O)[C@@H]3[C@@H]4C[C@@H](C[C@@H]4F)N3C(=O)OC(C)(C)C)CC2)c2ccncc21)C(C)C. The van der Waals surface area contributed by atoms with Crippen molar-refractivity contribution in [3.8, 4) is 5.69 Å². The van der Waals surface area contributed by atoms with Crippen molar-refractivity contribution in [3.05, 3.63) is 59.8 Å². The number of piperidine rings is 2. The number of carbonyl (C=O) groups excluding carboxylic acids is 4. The molecule has 0 unspecified atom stereocenters. The predicted molar refractivity (Wildman–Crippen MR) is 180 cm³/mol. The lowest BCUT2D eigenvalue weighted by molar-refractivity contribution is -0.141.